The van der Waals surface area contributed by atoms with Gasteiger partial charge in [-0.2, -0.15) is 4.57 Å². The number of aromatic nitrogens is 1. The number of halogens is 1. The van der Waals surface area contributed by atoms with Gasteiger partial charge < -0.3 is 4.90 Å². The topological polar surface area (TPSA) is 99.4 Å². The van der Waals surface area contributed by atoms with E-state index in [1.54, 1.807) is 0 Å². The maximum Gasteiger partial charge on any atom is 0.262 e. The lowest BCUT2D eigenvalue weighted by Gasteiger charge is -2.20. The van der Waals surface area contributed by atoms with E-state index >= 15 is 0 Å². The second-order valence-corrected chi connectivity index (χ2v) is 17.7. The van der Waals surface area contributed by atoms with Gasteiger partial charge >= 0.3 is 0 Å². The molecule has 2 heterocycles. The molecular formula is C45H69ClN2O4S2. The molecule has 0 N–H and O–H groups in total. The quantitative estimate of drug-likeness (QED) is 0.0536. The number of rotatable bonds is 28. The third-order valence-electron chi connectivity index (χ3n) is 10.2. The van der Waals surface area contributed by atoms with Crippen LogP contribution in [0, 0.1) is 10.2 Å². The van der Waals surface area contributed by atoms with E-state index in [-0.39, 0.29) is 0 Å². The molecule has 1 aliphatic rings. The van der Waals surface area contributed by atoms with Crippen molar-refractivity contribution in [2.24, 2.45) is 0 Å². The van der Waals surface area contributed by atoms with Gasteiger partial charge in [0, 0.05) is 30.0 Å². The number of fused-ring (bicyclic) bond motifs is 2. The van der Waals surface area contributed by atoms with E-state index in [1.165, 1.54) is 185 Å². The number of thiazole rings is 1. The van der Waals surface area contributed by atoms with Crippen LogP contribution in [0.5, 0.6) is 0 Å². The molecule has 4 rings (SSSR count). The summed E-state index contributed by atoms with van der Waals surface area (Å²) in [4.78, 5) is 3.97. The van der Waals surface area contributed by atoms with Crippen LogP contribution in [0.1, 0.15) is 173 Å². The summed E-state index contributed by atoms with van der Waals surface area (Å²) in [5.41, 5.74) is 2.78. The minimum atomic E-state index is -4.94. The molecule has 0 aliphatic carbocycles. The molecule has 0 saturated carbocycles. The van der Waals surface area contributed by atoms with Gasteiger partial charge in [0.25, 0.3) is 5.01 Å². The summed E-state index contributed by atoms with van der Waals surface area (Å²) in [6.07, 6.45) is 40.6. The van der Waals surface area contributed by atoms with Crippen LogP contribution in [0.2, 0.25) is 0 Å². The molecule has 0 bridgehead atoms. The number of unbranched alkanes of at least 4 members (excludes halogenated alkanes) is 22. The Kier molecular flexibility index (Phi) is 24.5. The molecule has 9 heteroatoms. The highest BCUT2D eigenvalue weighted by atomic mass is 35.7. The van der Waals surface area contributed by atoms with E-state index in [2.05, 4.69) is 90.1 Å². The van der Waals surface area contributed by atoms with Gasteiger partial charge in [0.1, 0.15) is 4.70 Å². The zero-order chi connectivity index (χ0) is 38.7. The van der Waals surface area contributed by atoms with Gasteiger partial charge in [0.05, 0.1) is 10.7 Å². The summed E-state index contributed by atoms with van der Waals surface area (Å²) in [6, 6.07) is 17.9. The molecule has 1 aromatic heterocycles. The summed E-state index contributed by atoms with van der Waals surface area (Å²) in [5.74, 6) is 0. The van der Waals surface area contributed by atoms with Gasteiger partial charge in [-0.15, -0.1) is 10.2 Å². The van der Waals surface area contributed by atoms with E-state index in [0.29, 0.717) is 0 Å². The second kappa shape index (κ2) is 28.5. The zero-order valence-electron chi connectivity index (χ0n) is 33.5. The SMILES string of the molecule is CCCCCCCCCCCCCCN1/C(=C\C=C\c2sc3ccccc3[n+]2CCCCCCCCCCCCCC)Sc2ccccc21.[O-][Cl+3]([O-])([O-])[O-]. The third kappa shape index (κ3) is 19.8. The lowest BCUT2D eigenvalue weighted by atomic mass is 10.1. The van der Waals surface area contributed by atoms with Crippen molar-refractivity contribution in [1.29, 1.82) is 0 Å². The third-order valence-corrected chi connectivity index (χ3v) is 12.5. The number of nitrogens with zero attached hydrogens (tertiary/aromatic N) is 2. The van der Waals surface area contributed by atoms with E-state index in [9.17, 15) is 0 Å². The number of benzene rings is 2. The normalized spacial score (nSPS) is 13.7. The number of hydrogen-bond donors (Lipinski definition) is 0. The minimum Gasteiger partial charge on any atom is -0.335 e. The van der Waals surface area contributed by atoms with Gasteiger partial charge in [0.2, 0.25) is 5.52 Å². The van der Waals surface area contributed by atoms with E-state index in [1.807, 2.05) is 23.1 Å². The van der Waals surface area contributed by atoms with Crippen LogP contribution in [-0.4, -0.2) is 6.54 Å². The fourth-order valence-corrected chi connectivity index (χ4v) is 9.45. The van der Waals surface area contributed by atoms with Gasteiger partial charge in [-0.05, 0) is 37.1 Å². The highest BCUT2D eigenvalue weighted by molar-refractivity contribution is 8.03. The van der Waals surface area contributed by atoms with Crippen molar-refractivity contribution in [3.05, 3.63) is 70.7 Å². The number of aryl methyl sites for hydroxylation is 1. The molecule has 302 valence electrons. The Morgan fingerprint density at radius 3 is 1.61 bits per heavy atom. The van der Waals surface area contributed by atoms with Gasteiger partial charge in [-0.1, -0.05) is 202 Å². The maximum atomic E-state index is 8.49. The Bertz CT molecular complexity index is 1470. The Balaban J connectivity index is 0.00000147. The Labute approximate surface area is 338 Å². The van der Waals surface area contributed by atoms with E-state index < -0.39 is 10.2 Å². The standard InChI is InChI=1S/C45H69N2S2.ClHO4/c1-3-5-7-9-11-13-15-17-19-21-23-29-38-46-40-32-25-27-34-42(40)48-44(46)36-31-37-45-47(41-33-26-28-35-43(41)49-45)39-30-24-22-20-18-16-14-12-10-8-6-4-2;2-1(3,4)5/h25-28,31-37H,3-24,29-30,38-39H2,1-2H3;(H,2,3,4,5)/q+1;/p-1. The summed E-state index contributed by atoms with van der Waals surface area (Å²) < 4.78 is 37.9. The number of anilines is 1. The number of thioether (sulfide) groups is 1. The summed E-state index contributed by atoms with van der Waals surface area (Å²) in [7, 11) is -4.94. The predicted molar refractivity (Wildman–Crippen MR) is 221 cm³/mol. The first-order valence-electron chi connectivity index (χ1n) is 21.3. The van der Waals surface area contributed by atoms with Crippen molar-refractivity contribution in [1.82, 2.24) is 0 Å². The number of para-hydroxylation sites is 2. The van der Waals surface area contributed by atoms with Crippen LogP contribution in [0.3, 0.4) is 0 Å². The van der Waals surface area contributed by atoms with Crippen LogP contribution in [0.25, 0.3) is 16.3 Å². The van der Waals surface area contributed by atoms with Crippen molar-refractivity contribution < 1.29 is 33.4 Å². The second-order valence-electron chi connectivity index (χ2n) is 14.8. The average Bonchev–Trinajstić information content (AvgIpc) is 3.69. The Morgan fingerprint density at radius 2 is 1.06 bits per heavy atom. The Hall–Kier alpha value is -1.91. The van der Waals surface area contributed by atoms with Crippen molar-refractivity contribution in [2.45, 2.75) is 179 Å². The van der Waals surface area contributed by atoms with Gasteiger partial charge in [0.15, 0.2) is 6.54 Å². The molecule has 0 spiro atoms. The van der Waals surface area contributed by atoms with Crippen LogP contribution in [-0.2, 0) is 6.54 Å². The first-order valence-corrected chi connectivity index (χ1v) is 24.1. The largest absolute Gasteiger partial charge is 0.335 e. The van der Waals surface area contributed by atoms with Crippen LogP contribution in [0.15, 0.2) is 70.6 Å². The van der Waals surface area contributed by atoms with Crippen LogP contribution >= 0.6 is 23.1 Å². The molecule has 0 saturated heterocycles. The lowest BCUT2D eigenvalue weighted by Crippen LogP contribution is -2.68. The van der Waals surface area contributed by atoms with Crippen molar-refractivity contribution >= 4 is 45.1 Å². The summed E-state index contributed by atoms with van der Waals surface area (Å²) in [6.45, 7) is 6.84. The molecule has 6 nitrogen and oxygen atoms in total. The molecule has 0 unspecified atom stereocenters. The van der Waals surface area contributed by atoms with E-state index in [4.69, 9.17) is 18.6 Å². The van der Waals surface area contributed by atoms with Crippen molar-refractivity contribution in [2.75, 3.05) is 11.4 Å². The highest BCUT2D eigenvalue weighted by Crippen LogP contribution is 2.46. The monoisotopic (exact) mass is 800 g/mol. The molecule has 0 radical (unpaired) electrons. The molecule has 3 aromatic rings. The number of hydrogen-bond acceptors (Lipinski definition) is 7. The first-order chi connectivity index (χ1) is 26.3. The first kappa shape index (κ1) is 46.5. The molecule has 2 aromatic carbocycles. The predicted octanol–water partition coefficient (Wildman–Crippen LogP) is 10.3. The highest BCUT2D eigenvalue weighted by Gasteiger charge is 2.24. The van der Waals surface area contributed by atoms with Crippen molar-refractivity contribution in [3.63, 3.8) is 0 Å². The van der Waals surface area contributed by atoms with Crippen LogP contribution < -0.4 is 28.1 Å². The van der Waals surface area contributed by atoms with Crippen molar-refractivity contribution in [3.8, 4) is 0 Å². The average molecular weight is 802 g/mol. The molecule has 0 fully saturated rings. The molecular weight excluding hydrogens is 732 g/mol. The fraction of sp³-hybridized carbons (Fsp3) is 0.622. The van der Waals surface area contributed by atoms with E-state index in [0.717, 1.165) is 13.1 Å². The molecule has 0 amide bonds. The van der Waals surface area contributed by atoms with Gasteiger partial charge in [-0.3, -0.25) is 0 Å². The minimum absolute atomic E-state index is 1.11. The molecule has 54 heavy (non-hydrogen) atoms. The smallest absolute Gasteiger partial charge is 0.262 e. The maximum absolute atomic E-state index is 8.49. The summed E-state index contributed by atoms with van der Waals surface area (Å²) >= 11 is 3.87. The molecule has 0 atom stereocenters. The summed E-state index contributed by atoms with van der Waals surface area (Å²) in [5, 5.41) is 2.74. The van der Waals surface area contributed by atoms with Gasteiger partial charge in [-0.25, -0.2) is 18.6 Å². The lowest BCUT2D eigenvalue weighted by molar-refractivity contribution is -2.00. The fourth-order valence-electron chi connectivity index (χ4n) is 7.25. The Morgan fingerprint density at radius 1 is 0.593 bits per heavy atom. The number of allylic oxidation sites excluding steroid dienone is 2. The van der Waals surface area contributed by atoms with Crippen LogP contribution in [0.4, 0.5) is 5.69 Å². The molecule has 1 aliphatic heterocycles. The zero-order valence-corrected chi connectivity index (χ0v) is 35.8.